The molecule has 2 rings (SSSR count). The van der Waals surface area contributed by atoms with Gasteiger partial charge in [-0.25, -0.2) is 0 Å². The van der Waals surface area contributed by atoms with Gasteiger partial charge in [-0.05, 0) is 19.0 Å². The Kier molecular flexibility index (Phi) is 2.96. The number of aromatic nitrogens is 2. The largest absolute Gasteiger partial charge is 0.481 e. The number of hydrogen-bond acceptors (Lipinski definition) is 3. The number of rotatable bonds is 4. The zero-order valence-corrected chi connectivity index (χ0v) is 9.63. The van der Waals surface area contributed by atoms with Gasteiger partial charge in [0, 0.05) is 19.3 Å². The zero-order chi connectivity index (χ0) is 11.7. The molecular weight excluding hydrogens is 206 g/mol. The topological polar surface area (TPSA) is 58.4 Å². The Hall–Kier alpha value is -1.36. The fraction of sp³-hybridized carbons (Fsp3) is 0.636. The van der Waals surface area contributed by atoms with Crippen molar-refractivity contribution in [3.05, 3.63) is 18.0 Å². The SMILES string of the molecule is CC(Cc1cnn(C2CN(C)C2)c1)C(=O)O. The summed E-state index contributed by atoms with van der Waals surface area (Å²) in [4.78, 5) is 12.9. The third-order valence-corrected chi connectivity index (χ3v) is 3.04. The van der Waals surface area contributed by atoms with Crippen LogP contribution in [-0.2, 0) is 11.2 Å². The number of likely N-dealkylation sites (N-methyl/N-ethyl adjacent to an activating group) is 1. The molecule has 1 fully saturated rings. The average molecular weight is 223 g/mol. The molecule has 5 nitrogen and oxygen atoms in total. The first kappa shape index (κ1) is 11.1. The summed E-state index contributed by atoms with van der Waals surface area (Å²) in [6.45, 7) is 3.77. The fourth-order valence-electron chi connectivity index (χ4n) is 1.96. The van der Waals surface area contributed by atoms with E-state index in [4.69, 9.17) is 5.11 Å². The van der Waals surface area contributed by atoms with E-state index in [-0.39, 0.29) is 5.92 Å². The molecule has 0 radical (unpaired) electrons. The van der Waals surface area contributed by atoms with Gasteiger partial charge < -0.3 is 10.0 Å². The van der Waals surface area contributed by atoms with E-state index in [1.807, 2.05) is 10.9 Å². The summed E-state index contributed by atoms with van der Waals surface area (Å²) >= 11 is 0. The summed E-state index contributed by atoms with van der Waals surface area (Å²) in [7, 11) is 2.08. The summed E-state index contributed by atoms with van der Waals surface area (Å²) in [6.07, 6.45) is 4.30. The molecule has 1 N–H and O–H groups in total. The van der Waals surface area contributed by atoms with Gasteiger partial charge in [0.05, 0.1) is 18.2 Å². The number of hydrogen-bond donors (Lipinski definition) is 1. The summed E-state index contributed by atoms with van der Waals surface area (Å²) < 4.78 is 1.95. The Balaban J connectivity index is 1.95. The van der Waals surface area contributed by atoms with Crippen LogP contribution in [0.15, 0.2) is 12.4 Å². The highest BCUT2D eigenvalue weighted by Crippen LogP contribution is 2.19. The number of carboxylic acid groups (broad SMARTS) is 1. The highest BCUT2D eigenvalue weighted by Gasteiger charge is 2.25. The van der Waals surface area contributed by atoms with Crippen molar-refractivity contribution in [2.75, 3.05) is 20.1 Å². The zero-order valence-electron chi connectivity index (χ0n) is 9.63. The van der Waals surface area contributed by atoms with Gasteiger partial charge in [0.2, 0.25) is 0 Å². The molecule has 0 aliphatic carbocycles. The maximum absolute atomic E-state index is 10.7. The summed E-state index contributed by atoms with van der Waals surface area (Å²) in [5.74, 6) is -1.10. The van der Waals surface area contributed by atoms with Crippen molar-refractivity contribution in [1.29, 1.82) is 0 Å². The second-order valence-electron chi connectivity index (χ2n) is 4.65. The van der Waals surface area contributed by atoms with E-state index >= 15 is 0 Å². The van der Waals surface area contributed by atoms with Crippen LogP contribution < -0.4 is 0 Å². The molecule has 1 aromatic heterocycles. The Morgan fingerprint density at radius 2 is 2.38 bits per heavy atom. The third-order valence-electron chi connectivity index (χ3n) is 3.04. The van der Waals surface area contributed by atoms with Gasteiger partial charge in [-0.2, -0.15) is 5.10 Å². The number of nitrogens with zero attached hydrogens (tertiary/aromatic N) is 3. The molecule has 1 atom stereocenters. The van der Waals surface area contributed by atoms with Gasteiger partial charge in [0.25, 0.3) is 0 Å². The van der Waals surface area contributed by atoms with E-state index < -0.39 is 5.97 Å². The fourth-order valence-corrected chi connectivity index (χ4v) is 1.96. The maximum atomic E-state index is 10.7. The Labute approximate surface area is 94.7 Å². The minimum Gasteiger partial charge on any atom is -0.481 e. The first-order valence-electron chi connectivity index (χ1n) is 5.50. The van der Waals surface area contributed by atoms with E-state index in [0.717, 1.165) is 18.7 Å². The summed E-state index contributed by atoms with van der Waals surface area (Å²) in [5, 5.41) is 13.1. The molecule has 5 heteroatoms. The van der Waals surface area contributed by atoms with E-state index in [1.54, 1.807) is 13.1 Å². The van der Waals surface area contributed by atoms with Crippen molar-refractivity contribution < 1.29 is 9.90 Å². The van der Waals surface area contributed by atoms with E-state index in [0.29, 0.717) is 12.5 Å². The number of carbonyl (C=O) groups is 1. The normalized spacial score (nSPS) is 19.4. The highest BCUT2D eigenvalue weighted by atomic mass is 16.4. The Morgan fingerprint density at radius 3 is 2.94 bits per heavy atom. The smallest absolute Gasteiger partial charge is 0.306 e. The summed E-state index contributed by atoms with van der Waals surface area (Å²) in [6, 6.07) is 0.457. The Bertz CT molecular complexity index is 382. The lowest BCUT2D eigenvalue weighted by molar-refractivity contribution is -0.141. The highest BCUT2D eigenvalue weighted by molar-refractivity contribution is 5.69. The van der Waals surface area contributed by atoms with Crippen LogP contribution in [0.4, 0.5) is 0 Å². The van der Waals surface area contributed by atoms with Crippen molar-refractivity contribution in [3.63, 3.8) is 0 Å². The molecule has 1 unspecified atom stereocenters. The van der Waals surface area contributed by atoms with Crippen LogP contribution in [0, 0.1) is 5.92 Å². The third kappa shape index (κ3) is 2.24. The van der Waals surface area contributed by atoms with Crippen LogP contribution in [-0.4, -0.2) is 45.9 Å². The van der Waals surface area contributed by atoms with Crippen LogP contribution in [0.25, 0.3) is 0 Å². The van der Waals surface area contributed by atoms with Crippen LogP contribution in [0.5, 0.6) is 0 Å². The predicted molar refractivity (Wildman–Crippen MR) is 59.3 cm³/mol. The van der Waals surface area contributed by atoms with E-state index in [2.05, 4.69) is 17.0 Å². The molecule has 1 aromatic rings. The monoisotopic (exact) mass is 223 g/mol. The molecule has 1 aliphatic rings. The van der Waals surface area contributed by atoms with Crippen LogP contribution in [0.1, 0.15) is 18.5 Å². The van der Waals surface area contributed by atoms with Crippen molar-refractivity contribution in [1.82, 2.24) is 14.7 Å². The molecule has 0 aromatic carbocycles. The van der Waals surface area contributed by atoms with Crippen molar-refractivity contribution >= 4 is 5.97 Å². The maximum Gasteiger partial charge on any atom is 0.306 e. The van der Waals surface area contributed by atoms with Crippen LogP contribution in [0.3, 0.4) is 0 Å². The van der Waals surface area contributed by atoms with Crippen LogP contribution >= 0.6 is 0 Å². The lowest BCUT2D eigenvalue weighted by Crippen LogP contribution is -2.45. The molecule has 0 amide bonds. The molecule has 1 aliphatic heterocycles. The van der Waals surface area contributed by atoms with Gasteiger partial charge in [-0.1, -0.05) is 6.92 Å². The molecule has 0 saturated carbocycles. The lowest BCUT2D eigenvalue weighted by Gasteiger charge is -2.36. The predicted octanol–water partition coefficient (Wildman–Crippen LogP) is 0.633. The quantitative estimate of drug-likeness (QED) is 0.813. The minimum absolute atomic E-state index is 0.346. The Morgan fingerprint density at radius 1 is 1.69 bits per heavy atom. The van der Waals surface area contributed by atoms with Gasteiger partial charge >= 0.3 is 5.97 Å². The number of likely N-dealkylation sites (tertiary alicyclic amines) is 1. The minimum atomic E-state index is -0.754. The van der Waals surface area contributed by atoms with E-state index in [1.165, 1.54) is 0 Å². The summed E-state index contributed by atoms with van der Waals surface area (Å²) in [5.41, 5.74) is 1.00. The van der Waals surface area contributed by atoms with Crippen LogP contribution in [0.2, 0.25) is 0 Å². The lowest BCUT2D eigenvalue weighted by atomic mass is 10.0. The van der Waals surface area contributed by atoms with Crippen molar-refractivity contribution in [3.8, 4) is 0 Å². The first-order valence-corrected chi connectivity index (χ1v) is 5.50. The molecule has 1 saturated heterocycles. The van der Waals surface area contributed by atoms with Gasteiger partial charge in [0.15, 0.2) is 0 Å². The van der Waals surface area contributed by atoms with Gasteiger partial charge in [-0.3, -0.25) is 9.48 Å². The first-order chi connectivity index (χ1) is 7.56. The van der Waals surface area contributed by atoms with Crippen molar-refractivity contribution in [2.24, 2.45) is 5.92 Å². The molecule has 16 heavy (non-hydrogen) atoms. The second kappa shape index (κ2) is 4.25. The molecule has 88 valence electrons. The van der Waals surface area contributed by atoms with Crippen molar-refractivity contribution in [2.45, 2.75) is 19.4 Å². The molecular formula is C11H17N3O2. The van der Waals surface area contributed by atoms with E-state index in [9.17, 15) is 4.79 Å². The number of carboxylic acids is 1. The molecule has 0 bridgehead atoms. The second-order valence-corrected chi connectivity index (χ2v) is 4.65. The van der Waals surface area contributed by atoms with Gasteiger partial charge in [-0.15, -0.1) is 0 Å². The molecule has 0 spiro atoms. The average Bonchev–Trinajstić information content (AvgIpc) is 2.61. The van der Waals surface area contributed by atoms with Gasteiger partial charge in [0.1, 0.15) is 0 Å². The standard InChI is InChI=1S/C11H17N3O2/c1-8(11(15)16)3-9-4-12-14(5-9)10-6-13(2)7-10/h4-5,8,10H,3,6-7H2,1-2H3,(H,15,16). The number of aliphatic carboxylic acids is 1. The molecule has 2 heterocycles.